The predicted octanol–water partition coefficient (Wildman–Crippen LogP) is 5.02. The zero-order valence-corrected chi connectivity index (χ0v) is 13.3. The highest BCUT2D eigenvalue weighted by atomic mass is 35.5. The Kier molecular flexibility index (Phi) is 4.34. The van der Waals surface area contributed by atoms with E-state index in [9.17, 15) is 4.79 Å². The Morgan fingerprint density at radius 3 is 2.82 bits per heavy atom. The summed E-state index contributed by atoms with van der Waals surface area (Å²) >= 11 is 6.12. The van der Waals surface area contributed by atoms with Gasteiger partial charge in [-0.3, -0.25) is 0 Å². The van der Waals surface area contributed by atoms with Gasteiger partial charge in [0.2, 0.25) is 0 Å². The molecule has 4 heteroatoms. The van der Waals surface area contributed by atoms with Crippen LogP contribution in [0.5, 0.6) is 0 Å². The molecule has 0 radical (unpaired) electrons. The Balaban J connectivity index is 1.78. The molecule has 0 saturated carbocycles. The van der Waals surface area contributed by atoms with Gasteiger partial charge >= 0.3 is 6.03 Å². The number of para-hydroxylation sites is 1. The van der Waals surface area contributed by atoms with Crippen molar-refractivity contribution in [1.82, 2.24) is 4.90 Å². The lowest BCUT2D eigenvalue weighted by atomic mass is 10.0. The van der Waals surface area contributed by atoms with Crippen molar-refractivity contribution in [2.75, 3.05) is 11.9 Å². The van der Waals surface area contributed by atoms with Crippen molar-refractivity contribution in [3.63, 3.8) is 0 Å². The lowest BCUT2D eigenvalue weighted by molar-refractivity contribution is 0.207. The zero-order valence-electron chi connectivity index (χ0n) is 12.6. The Bertz CT molecular complexity index is 686. The molecule has 0 bridgehead atoms. The summed E-state index contributed by atoms with van der Waals surface area (Å²) in [5, 5.41) is 3.48. The number of hydrogen-bond acceptors (Lipinski definition) is 1. The van der Waals surface area contributed by atoms with Crippen molar-refractivity contribution in [2.45, 2.75) is 25.8 Å². The molecule has 3 rings (SSSR count). The molecule has 1 aliphatic rings. The van der Waals surface area contributed by atoms with Crippen molar-refractivity contribution in [1.29, 1.82) is 0 Å². The SMILES string of the molecule is Cc1cccc([C@@H]2CCCN2C(=O)Nc2ccccc2Cl)c1. The number of carbonyl (C=O) groups excluding carboxylic acids is 1. The number of likely N-dealkylation sites (tertiary alicyclic amines) is 1. The van der Waals surface area contributed by atoms with Crippen LogP contribution in [0.1, 0.15) is 30.0 Å². The summed E-state index contributed by atoms with van der Waals surface area (Å²) in [7, 11) is 0. The van der Waals surface area contributed by atoms with Gasteiger partial charge < -0.3 is 10.2 Å². The molecular formula is C18H19ClN2O. The molecule has 1 fully saturated rings. The molecule has 1 aliphatic heterocycles. The van der Waals surface area contributed by atoms with Gasteiger partial charge in [-0.2, -0.15) is 0 Å². The van der Waals surface area contributed by atoms with E-state index in [-0.39, 0.29) is 12.1 Å². The number of benzene rings is 2. The third kappa shape index (κ3) is 3.09. The predicted molar refractivity (Wildman–Crippen MR) is 90.3 cm³/mol. The van der Waals surface area contributed by atoms with E-state index in [0.29, 0.717) is 10.7 Å². The molecule has 2 aromatic carbocycles. The van der Waals surface area contributed by atoms with Gasteiger partial charge in [0.15, 0.2) is 0 Å². The lowest BCUT2D eigenvalue weighted by Gasteiger charge is -2.25. The number of hydrogen-bond donors (Lipinski definition) is 1. The molecule has 3 nitrogen and oxygen atoms in total. The monoisotopic (exact) mass is 314 g/mol. The third-order valence-electron chi connectivity index (χ3n) is 4.06. The van der Waals surface area contributed by atoms with Crippen LogP contribution in [0.25, 0.3) is 0 Å². The Hall–Kier alpha value is -2.00. The van der Waals surface area contributed by atoms with Gasteiger partial charge in [-0.05, 0) is 37.5 Å². The number of anilines is 1. The maximum atomic E-state index is 12.6. The van der Waals surface area contributed by atoms with E-state index in [2.05, 4.69) is 30.4 Å². The molecular weight excluding hydrogens is 296 g/mol. The lowest BCUT2D eigenvalue weighted by Crippen LogP contribution is -2.34. The Morgan fingerprint density at radius 1 is 1.23 bits per heavy atom. The minimum Gasteiger partial charge on any atom is -0.317 e. The van der Waals surface area contributed by atoms with E-state index < -0.39 is 0 Å². The van der Waals surface area contributed by atoms with Crippen molar-refractivity contribution in [3.8, 4) is 0 Å². The van der Waals surface area contributed by atoms with E-state index >= 15 is 0 Å². The van der Waals surface area contributed by atoms with Crippen LogP contribution in [0.15, 0.2) is 48.5 Å². The van der Waals surface area contributed by atoms with Crippen molar-refractivity contribution in [3.05, 3.63) is 64.7 Å². The van der Waals surface area contributed by atoms with E-state index in [1.807, 2.05) is 29.2 Å². The molecule has 1 saturated heterocycles. The normalized spacial score (nSPS) is 17.5. The number of nitrogens with zero attached hydrogens (tertiary/aromatic N) is 1. The molecule has 0 aliphatic carbocycles. The van der Waals surface area contributed by atoms with Gasteiger partial charge in [0, 0.05) is 6.54 Å². The Labute approximate surface area is 135 Å². The summed E-state index contributed by atoms with van der Waals surface area (Å²) in [5.41, 5.74) is 3.08. The first-order valence-corrected chi connectivity index (χ1v) is 7.91. The van der Waals surface area contributed by atoms with Crippen LogP contribution in [0.4, 0.5) is 10.5 Å². The molecule has 1 heterocycles. The number of halogens is 1. The fourth-order valence-corrected chi connectivity index (χ4v) is 3.17. The zero-order chi connectivity index (χ0) is 15.5. The van der Waals surface area contributed by atoms with Crippen molar-refractivity contribution >= 4 is 23.3 Å². The maximum absolute atomic E-state index is 12.6. The van der Waals surface area contributed by atoms with Crippen LogP contribution >= 0.6 is 11.6 Å². The molecule has 1 atom stereocenters. The molecule has 0 aromatic heterocycles. The van der Waals surface area contributed by atoms with Crippen molar-refractivity contribution in [2.24, 2.45) is 0 Å². The van der Waals surface area contributed by atoms with Gasteiger partial charge in [-0.15, -0.1) is 0 Å². The molecule has 1 N–H and O–H groups in total. The number of carbonyl (C=O) groups is 1. The summed E-state index contributed by atoms with van der Waals surface area (Å²) < 4.78 is 0. The second-order valence-electron chi connectivity index (χ2n) is 5.68. The summed E-state index contributed by atoms with van der Waals surface area (Å²) in [4.78, 5) is 14.5. The molecule has 0 unspecified atom stereocenters. The second-order valence-corrected chi connectivity index (χ2v) is 6.08. The average molecular weight is 315 g/mol. The van der Waals surface area contributed by atoms with Crippen LogP contribution in [0.3, 0.4) is 0 Å². The number of rotatable bonds is 2. The third-order valence-corrected chi connectivity index (χ3v) is 4.39. The van der Waals surface area contributed by atoms with Crippen molar-refractivity contribution < 1.29 is 4.79 Å². The molecule has 2 aromatic rings. The average Bonchev–Trinajstić information content (AvgIpc) is 2.99. The number of amides is 2. The Morgan fingerprint density at radius 2 is 2.05 bits per heavy atom. The summed E-state index contributed by atoms with van der Waals surface area (Å²) in [6, 6.07) is 15.7. The van der Waals surface area contributed by atoms with Gasteiger partial charge in [-0.1, -0.05) is 53.6 Å². The largest absolute Gasteiger partial charge is 0.322 e. The molecule has 0 spiro atoms. The van der Waals surface area contributed by atoms with Gasteiger partial charge in [0.25, 0.3) is 0 Å². The summed E-state index contributed by atoms with van der Waals surface area (Å²) in [6.45, 7) is 2.85. The number of urea groups is 1. The van der Waals surface area contributed by atoms with Crippen LogP contribution in [-0.4, -0.2) is 17.5 Å². The highest BCUT2D eigenvalue weighted by Gasteiger charge is 2.30. The van der Waals surface area contributed by atoms with Crippen LogP contribution in [0, 0.1) is 6.92 Å². The maximum Gasteiger partial charge on any atom is 0.322 e. The topological polar surface area (TPSA) is 32.3 Å². The van der Waals surface area contributed by atoms with E-state index in [0.717, 1.165) is 19.4 Å². The standard InChI is InChI=1S/C18H19ClN2O/c1-13-6-4-7-14(12-13)17-10-5-11-21(17)18(22)20-16-9-3-2-8-15(16)19/h2-4,6-9,12,17H,5,10-11H2,1H3,(H,20,22)/t17-/m0/s1. The summed E-state index contributed by atoms with van der Waals surface area (Å²) in [6.07, 6.45) is 2.02. The fraction of sp³-hybridized carbons (Fsp3) is 0.278. The first-order valence-electron chi connectivity index (χ1n) is 7.54. The minimum absolute atomic E-state index is 0.0860. The minimum atomic E-state index is -0.0860. The van der Waals surface area contributed by atoms with Crippen LogP contribution < -0.4 is 5.32 Å². The highest BCUT2D eigenvalue weighted by molar-refractivity contribution is 6.33. The van der Waals surface area contributed by atoms with Gasteiger partial charge in [0.1, 0.15) is 0 Å². The number of aryl methyl sites for hydroxylation is 1. The highest BCUT2D eigenvalue weighted by Crippen LogP contribution is 2.33. The van der Waals surface area contributed by atoms with Crippen LogP contribution in [0.2, 0.25) is 5.02 Å². The van der Waals surface area contributed by atoms with Gasteiger partial charge in [0.05, 0.1) is 16.8 Å². The molecule has 2 amide bonds. The summed E-state index contributed by atoms with van der Waals surface area (Å²) in [5.74, 6) is 0. The van der Waals surface area contributed by atoms with Gasteiger partial charge in [-0.25, -0.2) is 4.79 Å². The number of nitrogens with one attached hydrogen (secondary N) is 1. The molecule has 22 heavy (non-hydrogen) atoms. The first kappa shape index (κ1) is 14.9. The fourth-order valence-electron chi connectivity index (χ4n) is 2.98. The second kappa shape index (κ2) is 6.41. The quantitative estimate of drug-likeness (QED) is 0.829. The molecule has 114 valence electrons. The van der Waals surface area contributed by atoms with E-state index in [1.165, 1.54) is 11.1 Å². The van der Waals surface area contributed by atoms with E-state index in [1.54, 1.807) is 6.07 Å². The van der Waals surface area contributed by atoms with Crippen LogP contribution in [-0.2, 0) is 0 Å². The first-order chi connectivity index (χ1) is 10.6. The van der Waals surface area contributed by atoms with E-state index in [4.69, 9.17) is 11.6 Å². The smallest absolute Gasteiger partial charge is 0.317 e.